The number of aromatic amines is 2. The van der Waals surface area contributed by atoms with Gasteiger partial charge >= 0.3 is 5.69 Å². The molecule has 6 heteroatoms. The number of ketones is 1. The molecule has 0 atom stereocenters. The molecule has 0 fully saturated rings. The molecule has 0 radical (unpaired) electrons. The van der Waals surface area contributed by atoms with Crippen LogP contribution in [0.3, 0.4) is 0 Å². The van der Waals surface area contributed by atoms with Gasteiger partial charge in [0.2, 0.25) is 5.78 Å². The molecule has 1 aromatic heterocycles. The van der Waals surface area contributed by atoms with E-state index in [-0.39, 0.29) is 11.5 Å². The summed E-state index contributed by atoms with van der Waals surface area (Å²) in [5.74, 6) is 0.451. The fraction of sp³-hybridized carbons (Fsp3) is 0.176. The van der Waals surface area contributed by atoms with Gasteiger partial charge in [0.1, 0.15) is 11.4 Å². The van der Waals surface area contributed by atoms with Gasteiger partial charge in [0, 0.05) is 12.1 Å². The van der Waals surface area contributed by atoms with E-state index >= 15 is 0 Å². The number of imidazole rings is 1. The molecule has 0 saturated carbocycles. The highest BCUT2D eigenvalue weighted by atomic mass is 16.5. The number of nitrogens with one attached hydrogen (secondary N) is 2. The first-order valence-electron chi connectivity index (χ1n) is 7.24. The van der Waals surface area contributed by atoms with Crippen LogP contribution in [0.4, 0.5) is 0 Å². The molecule has 3 rings (SSSR count). The Morgan fingerprint density at radius 3 is 2.65 bits per heavy atom. The van der Waals surface area contributed by atoms with E-state index < -0.39 is 0 Å². The molecule has 1 aromatic carbocycles. The van der Waals surface area contributed by atoms with Crippen LogP contribution in [0, 0.1) is 0 Å². The van der Waals surface area contributed by atoms with Crippen LogP contribution < -0.4 is 10.4 Å². The highest BCUT2D eigenvalue weighted by Crippen LogP contribution is 2.16. The van der Waals surface area contributed by atoms with Gasteiger partial charge in [-0.3, -0.25) is 4.79 Å². The predicted octanol–water partition coefficient (Wildman–Crippen LogP) is 1.83. The van der Waals surface area contributed by atoms with Crippen molar-refractivity contribution >= 4 is 5.78 Å². The molecule has 6 nitrogen and oxygen atoms in total. The van der Waals surface area contributed by atoms with E-state index in [4.69, 9.17) is 4.74 Å². The number of allylic oxidation sites excluding steroid dienone is 2. The number of carbonyl (C=O) groups excluding carboxylic acids is 1. The van der Waals surface area contributed by atoms with Gasteiger partial charge in [0.15, 0.2) is 0 Å². The summed E-state index contributed by atoms with van der Waals surface area (Å²) in [6.07, 6.45) is 7.81. The lowest BCUT2D eigenvalue weighted by atomic mass is 10.1. The summed E-state index contributed by atoms with van der Waals surface area (Å²) < 4.78 is 5.09. The maximum absolute atomic E-state index is 12.6. The Morgan fingerprint density at radius 2 is 2.00 bits per heavy atom. The lowest BCUT2D eigenvalue weighted by Crippen LogP contribution is -2.20. The van der Waals surface area contributed by atoms with Crippen LogP contribution in [-0.4, -0.2) is 34.3 Å². The first-order chi connectivity index (χ1) is 11.2. The molecule has 23 heavy (non-hydrogen) atoms. The lowest BCUT2D eigenvalue weighted by molar-refractivity contribution is 0.103. The second kappa shape index (κ2) is 6.39. The van der Waals surface area contributed by atoms with Gasteiger partial charge in [-0.05, 0) is 36.5 Å². The summed E-state index contributed by atoms with van der Waals surface area (Å²) >= 11 is 0. The minimum atomic E-state index is -0.381. The Morgan fingerprint density at radius 1 is 1.22 bits per heavy atom. The Labute approximate surface area is 133 Å². The number of H-pyrrole nitrogens is 2. The Bertz CT molecular complexity index is 812. The van der Waals surface area contributed by atoms with Gasteiger partial charge in [-0.1, -0.05) is 12.2 Å². The van der Waals surface area contributed by atoms with Gasteiger partial charge in [-0.15, -0.1) is 0 Å². The zero-order valence-electron chi connectivity index (χ0n) is 12.7. The number of nitrogens with zero attached hydrogens (tertiary/aromatic N) is 1. The average Bonchev–Trinajstić information content (AvgIpc) is 2.95. The van der Waals surface area contributed by atoms with E-state index in [9.17, 15) is 9.59 Å². The first kappa shape index (κ1) is 14.9. The number of hydrogen-bond donors (Lipinski definition) is 2. The molecule has 0 unspecified atom stereocenters. The molecular weight excluding hydrogens is 294 g/mol. The molecule has 2 N–H and O–H groups in total. The third-order valence-electron chi connectivity index (χ3n) is 3.63. The van der Waals surface area contributed by atoms with Gasteiger partial charge in [-0.25, -0.2) is 4.79 Å². The maximum Gasteiger partial charge on any atom is 0.323 e. The van der Waals surface area contributed by atoms with Crippen molar-refractivity contribution in [3.8, 4) is 5.75 Å². The number of methoxy groups -OCH3 is 1. The van der Waals surface area contributed by atoms with E-state index in [0.717, 1.165) is 6.54 Å². The minimum Gasteiger partial charge on any atom is -0.497 e. The number of hydrogen-bond acceptors (Lipinski definition) is 4. The van der Waals surface area contributed by atoms with Gasteiger partial charge in [0.25, 0.3) is 0 Å². The summed E-state index contributed by atoms with van der Waals surface area (Å²) in [7, 11) is 1.57. The molecule has 1 aliphatic rings. The average molecular weight is 311 g/mol. The maximum atomic E-state index is 12.6. The van der Waals surface area contributed by atoms with Crippen LogP contribution in [0.15, 0.2) is 53.5 Å². The van der Waals surface area contributed by atoms with E-state index in [1.807, 2.05) is 29.3 Å². The van der Waals surface area contributed by atoms with Crippen LogP contribution in [0.25, 0.3) is 0 Å². The highest BCUT2D eigenvalue weighted by Gasteiger charge is 2.18. The van der Waals surface area contributed by atoms with E-state index in [2.05, 4.69) is 9.97 Å². The number of aromatic nitrogens is 2. The molecule has 0 bridgehead atoms. The zero-order valence-corrected chi connectivity index (χ0v) is 12.7. The van der Waals surface area contributed by atoms with Crippen molar-refractivity contribution < 1.29 is 9.53 Å². The fourth-order valence-corrected chi connectivity index (χ4v) is 2.45. The SMILES string of the molecule is COc1ccc(C(=O)c2[nH]c(=O)[nH]c2CN2C=CC=CC2)cc1. The topological polar surface area (TPSA) is 78.2 Å². The zero-order chi connectivity index (χ0) is 16.2. The molecule has 0 aliphatic carbocycles. The monoisotopic (exact) mass is 311 g/mol. The smallest absolute Gasteiger partial charge is 0.323 e. The van der Waals surface area contributed by atoms with E-state index in [0.29, 0.717) is 29.2 Å². The minimum absolute atomic E-state index is 0.225. The van der Waals surface area contributed by atoms with Gasteiger partial charge in [-0.2, -0.15) is 0 Å². The van der Waals surface area contributed by atoms with Crippen LogP contribution in [-0.2, 0) is 6.54 Å². The first-order valence-corrected chi connectivity index (χ1v) is 7.24. The molecule has 0 spiro atoms. The van der Waals surface area contributed by atoms with Crippen molar-refractivity contribution in [1.82, 2.24) is 14.9 Å². The summed E-state index contributed by atoms with van der Waals surface area (Å²) in [6, 6.07) is 6.80. The van der Waals surface area contributed by atoms with Crippen molar-refractivity contribution in [3.63, 3.8) is 0 Å². The third kappa shape index (κ3) is 3.26. The van der Waals surface area contributed by atoms with Gasteiger partial charge < -0.3 is 19.6 Å². The largest absolute Gasteiger partial charge is 0.497 e. The number of benzene rings is 1. The quantitative estimate of drug-likeness (QED) is 0.826. The second-order valence-electron chi connectivity index (χ2n) is 5.19. The number of ether oxygens (including phenoxy) is 1. The van der Waals surface area contributed by atoms with Crippen molar-refractivity contribution in [1.29, 1.82) is 0 Å². The van der Waals surface area contributed by atoms with E-state index in [1.165, 1.54) is 0 Å². The van der Waals surface area contributed by atoms with Crippen LogP contribution in [0.1, 0.15) is 21.7 Å². The fourth-order valence-electron chi connectivity index (χ4n) is 2.45. The summed E-state index contributed by atoms with van der Waals surface area (Å²) in [6.45, 7) is 1.19. The van der Waals surface area contributed by atoms with Gasteiger partial charge in [0.05, 0.1) is 19.3 Å². The third-order valence-corrected chi connectivity index (χ3v) is 3.63. The van der Waals surface area contributed by atoms with Crippen molar-refractivity contribution in [2.45, 2.75) is 6.54 Å². The van der Waals surface area contributed by atoms with Crippen molar-refractivity contribution in [2.24, 2.45) is 0 Å². The standard InChI is InChI=1S/C17H17N3O3/c1-23-13-7-5-12(6-8-13)16(21)15-14(18-17(22)19-15)11-20-9-3-2-4-10-20/h2-9H,10-11H2,1H3,(H2,18,19,22). The molecule has 0 amide bonds. The summed E-state index contributed by atoms with van der Waals surface area (Å²) in [5.41, 5.74) is 0.990. The molecule has 0 saturated heterocycles. The van der Waals surface area contributed by atoms with Crippen molar-refractivity contribution in [2.75, 3.05) is 13.7 Å². The number of carbonyl (C=O) groups is 1. The number of rotatable bonds is 5. The molecular formula is C17H17N3O3. The molecule has 1 aliphatic heterocycles. The summed E-state index contributed by atoms with van der Waals surface area (Å²) in [4.78, 5) is 31.6. The Kier molecular flexibility index (Phi) is 4.14. The van der Waals surface area contributed by atoms with Crippen LogP contribution in [0.2, 0.25) is 0 Å². The summed E-state index contributed by atoms with van der Waals surface area (Å²) in [5, 5.41) is 0. The van der Waals surface area contributed by atoms with E-state index in [1.54, 1.807) is 31.4 Å². The molecule has 2 aromatic rings. The van der Waals surface area contributed by atoms with Crippen LogP contribution in [0.5, 0.6) is 5.75 Å². The Balaban J connectivity index is 1.86. The molecule has 2 heterocycles. The van der Waals surface area contributed by atoms with Crippen LogP contribution >= 0.6 is 0 Å². The molecule has 118 valence electrons. The lowest BCUT2D eigenvalue weighted by Gasteiger charge is -2.19. The van der Waals surface area contributed by atoms with Crippen molar-refractivity contribution in [3.05, 3.63) is 76.1 Å². The normalized spacial score (nSPS) is 13.3. The Hall–Kier alpha value is -3.02. The predicted molar refractivity (Wildman–Crippen MR) is 86.5 cm³/mol. The second-order valence-corrected chi connectivity index (χ2v) is 5.19. The highest BCUT2D eigenvalue weighted by molar-refractivity contribution is 6.08.